The Bertz CT molecular complexity index is 917. The predicted octanol–water partition coefficient (Wildman–Crippen LogP) is 5.13. The summed E-state index contributed by atoms with van der Waals surface area (Å²) < 4.78 is 2.14. The van der Waals surface area contributed by atoms with Crippen LogP contribution in [0.1, 0.15) is 22.4 Å². The Kier molecular flexibility index (Phi) is 5.64. The number of hydrogen-bond donors (Lipinski definition) is 2. The number of urea groups is 1. The molecule has 0 saturated heterocycles. The number of carbonyl (C=O) groups is 1. The fourth-order valence-corrected chi connectivity index (χ4v) is 3.08. The molecule has 3 rings (SSSR count). The lowest BCUT2D eigenvalue weighted by Gasteiger charge is -2.13. The average molecular weight is 368 g/mol. The van der Waals surface area contributed by atoms with Crippen LogP contribution >= 0.6 is 11.6 Å². The van der Waals surface area contributed by atoms with Gasteiger partial charge in [0.2, 0.25) is 0 Å². The number of halogens is 1. The standard InChI is InChI=1S/C21H22ClN3O/c1-15-9-10-20(19(22)12-15)24-21(26)23-13-18-8-5-11-25(18)14-17-7-4-3-6-16(17)2/h3-12H,13-14H2,1-2H3,(H2,23,24,26). The summed E-state index contributed by atoms with van der Waals surface area (Å²) in [4.78, 5) is 12.2. The lowest BCUT2D eigenvalue weighted by Crippen LogP contribution is -2.29. The summed E-state index contributed by atoms with van der Waals surface area (Å²) in [6.45, 7) is 5.28. The van der Waals surface area contributed by atoms with E-state index in [4.69, 9.17) is 11.6 Å². The molecule has 2 aromatic carbocycles. The first-order valence-corrected chi connectivity index (χ1v) is 8.90. The van der Waals surface area contributed by atoms with Gasteiger partial charge in [-0.3, -0.25) is 0 Å². The van der Waals surface area contributed by atoms with Crippen molar-refractivity contribution < 1.29 is 4.79 Å². The Balaban J connectivity index is 1.61. The monoisotopic (exact) mass is 367 g/mol. The van der Waals surface area contributed by atoms with Gasteiger partial charge < -0.3 is 15.2 Å². The Morgan fingerprint density at radius 2 is 1.88 bits per heavy atom. The van der Waals surface area contributed by atoms with Gasteiger partial charge in [0.25, 0.3) is 0 Å². The molecule has 0 fully saturated rings. The molecule has 1 aromatic heterocycles. The maximum Gasteiger partial charge on any atom is 0.319 e. The maximum absolute atomic E-state index is 12.2. The zero-order valence-electron chi connectivity index (χ0n) is 14.9. The van der Waals surface area contributed by atoms with Crippen LogP contribution in [0, 0.1) is 13.8 Å². The first-order chi connectivity index (χ1) is 12.5. The third kappa shape index (κ3) is 4.46. The molecule has 26 heavy (non-hydrogen) atoms. The highest BCUT2D eigenvalue weighted by molar-refractivity contribution is 6.33. The molecule has 2 N–H and O–H groups in total. The molecule has 3 aromatic rings. The van der Waals surface area contributed by atoms with Crippen LogP contribution in [0.3, 0.4) is 0 Å². The van der Waals surface area contributed by atoms with Crippen LogP contribution in [0.2, 0.25) is 5.02 Å². The van der Waals surface area contributed by atoms with E-state index in [1.165, 1.54) is 11.1 Å². The topological polar surface area (TPSA) is 46.1 Å². The van der Waals surface area contributed by atoms with Crippen molar-refractivity contribution in [2.45, 2.75) is 26.9 Å². The van der Waals surface area contributed by atoms with Gasteiger partial charge in [-0.05, 0) is 54.8 Å². The summed E-state index contributed by atoms with van der Waals surface area (Å²) >= 11 is 6.16. The van der Waals surface area contributed by atoms with E-state index >= 15 is 0 Å². The largest absolute Gasteiger partial charge is 0.345 e. The summed E-state index contributed by atoms with van der Waals surface area (Å²) in [6.07, 6.45) is 2.03. The molecule has 0 spiro atoms. The summed E-state index contributed by atoms with van der Waals surface area (Å²) in [6, 6.07) is 17.6. The number of nitrogens with zero attached hydrogens (tertiary/aromatic N) is 1. The van der Waals surface area contributed by atoms with E-state index in [0.29, 0.717) is 17.3 Å². The first-order valence-electron chi connectivity index (χ1n) is 8.52. The Morgan fingerprint density at radius 1 is 1.08 bits per heavy atom. The van der Waals surface area contributed by atoms with Crippen LogP contribution in [-0.4, -0.2) is 10.6 Å². The lowest BCUT2D eigenvalue weighted by atomic mass is 10.1. The molecule has 0 unspecified atom stereocenters. The number of anilines is 1. The van der Waals surface area contributed by atoms with Crippen LogP contribution < -0.4 is 10.6 Å². The van der Waals surface area contributed by atoms with Gasteiger partial charge in [-0.2, -0.15) is 0 Å². The molecule has 0 aliphatic heterocycles. The van der Waals surface area contributed by atoms with E-state index in [0.717, 1.165) is 17.8 Å². The normalized spacial score (nSPS) is 10.6. The van der Waals surface area contributed by atoms with Crippen LogP contribution in [0.15, 0.2) is 60.8 Å². The van der Waals surface area contributed by atoms with Gasteiger partial charge in [0.05, 0.1) is 17.3 Å². The van der Waals surface area contributed by atoms with Gasteiger partial charge in [0, 0.05) is 18.4 Å². The van der Waals surface area contributed by atoms with E-state index in [-0.39, 0.29) is 6.03 Å². The second kappa shape index (κ2) is 8.11. The molecule has 0 radical (unpaired) electrons. The van der Waals surface area contributed by atoms with Crippen molar-refractivity contribution in [1.29, 1.82) is 0 Å². The minimum Gasteiger partial charge on any atom is -0.345 e. The quantitative estimate of drug-likeness (QED) is 0.645. The molecule has 4 nitrogen and oxygen atoms in total. The van der Waals surface area contributed by atoms with Crippen molar-refractivity contribution in [3.8, 4) is 0 Å². The van der Waals surface area contributed by atoms with Crippen LogP contribution in [0.5, 0.6) is 0 Å². The highest BCUT2D eigenvalue weighted by Crippen LogP contribution is 2.22. The summed E-state index contributed by atoms with van der Waals surface area (Å²) in [7, 11) is 0. The van der Waals surface area contributed by atoms with Crippen molar-refractivity contribution in [2.75, 3.05) is 5.32 Å². The number of carbonyl (C=O) groups excluding carboxylic acids is 1. The number of amides is 2. The second-order valence-corrected chi connectivity index (χ2v) is 6.75. The fraction of sp³-hybridized carbons (Fsp3) is 0.190. The highest BCUT2D eigenvalue weighted by atomic mass is 35.5. The molecule has 134 valence electrons. The van der Waals surface area contributed by atoms with Crippen molar-refractivity contribution in [2.24, 2.45) is 0 Å². The first kappa shape index (κ1) is 18.1. The maximum atomic E-state index is 12.2. The average Bonchev–Trinajstić information content (AvgIpc) is 3.05. The van der Waals surface area contributed by atoms with Gasteiger partial charge in [0.15, 0.2) is 0 Å². The molecule has 1 heterocycles. The van der Waals surface area contributed by atoms with Crippen molar-refractivity contribution in [1.82, 2.24) is 9.88 Å². The van der Waals surface area contributed by atoms with E-state index in [9.17, 15) is 4.79 Å². The van der Waals surface area contributed by atoms with Gasteiger partial charge in [0.1, 0.15) is 0 Å². The van der Waals surface area contributed by atoms with E-state index in [1.54, 1.807) is 6.07 Å². The smallest absolute Gasteiger partial charge is 0.319 e. The molecule has 0 bridgehead atoms. The third-order valence-corrected chi connectivity index (χ3v) is 4.64. The molecule has 5 heteroatoms. The molecule has 0 atom stereocenters. The van der Waals surface area contributed by atoms with E-state index in [1.807, 2.05) is 49.5 Å². The Morgan fingerprint density at radius 3 is 2.65 bits per heavy atom. The van der Waals surface area contributed by atoms with Crippen LogP contribution in [0.4, 0.5) is 10.5 Å². The summed E-state index contributed by atoms with van der Waals surface area (Å²) in [5.41, 5.74) is 5.21. The van der Waals surface area contributed by atoms with Crippen LogP contribution in [-0.2, 0) is 13.1 Å². The van der Waals surface area contributed by atoms with Gasteiger partial charge in [-0.15, -0.1) is 0 Å². The van der Waals surface area contributed by atoms with Crippen molar-refractivity contribution >= 4 is 23.3 Å². The molecule has 0 aliphatic carbocycles. The van der Waals surface area contributed by atoms with Crippen molar-refractivity contribution in [3.05, 3.63) is 88.2 Å². The molecular formula is C21H22ClN3O. The minimum absolute atomic E-state index is 0.278. The van der Waals surface area contributed by atoms with E-state index in [2.05, 4.69) is 34.3 Å². The van der Waals surface area contributed by atoms with Gasteiger partial charge in [-0.25, -0.2) is 4.79 Å². The van der Waals surface area contributed by atoms with Crippen LogP contribution in [0.25, 0.3) is 0 Å². The number of aryl methyl sites for hydroxylation is 2. The van der Waals surface area contributed by atoms with Crippen molar-refractivity contribution in [3.63, 3.8) is 0 Å². The zero-order valence-corrected chi connectivity index (χ0v) is 15.7. The fourth-order valence-electron chi connectivity index (χ4n) is 2.79. The Labute approximate surface area is 158 Å². The van der Waals surface area contributed by atoms with E-state index < -0.39 is 0 Å². The number of nitrogens with one attached hydrogen (secondary N) is 2. The third-order valence-electron chi connectivity index (χ3n) is 4.33. The number of rotatable bonds is 5. The predicted molar refractivity (Wildman–Crippen MR) is 107 cm³/mol. The second-order valence-electron chi connectivity index (χ2n) is 6.34. The number of hydrogen-bond acceptors (Lipinski definition) is 1. The SMILES string of the molecule is Cc1ccc(NC(=O)NCc2cccn2Cc2ccccc2C)c(Cl)c1. The highest BCUT2D eigenvalue weighted by Gasteiger charge is 2.08. The number of aromatic nitrogens is 1. The van der Waals surface area contributed by atoms with Gasteiger partial charge in [-0.1, -0.05) is 41.9 Å². The summed E-state index contributed by atoms with van der Waals surface area (Å²) in [5, 5.41) is 6.20. The lowest BCUT2D eigenvalue weighted by molar-refractivity contribution is 0.251. The molecule has 0 aliphatic rings. The summed E-state index contributed by atoms with van der Waals surface area (Å²) in [5.74, 6) is 0. The van der Waals surface area contributed by atoms with Gasteiger partial charge >= 0.3 is 6.03 Å². The zero-order chi connectivity index (χ0) is 18.5. The molecule has 2 amide bonds. The Hall–Kier alpha value is -2.72. The molecule has 0 saturated carbocycles. The molecular weight excluding hydrogens is 346 g/mol. The number of benzene rings is 2. The minimum atomic E-state index is -0.278.